The maximum atomic E-state index is 12.6. The van der Waals surface area contributed by atoms with Crippen LogP contribution in [0.5, 0.6) is 0 Å². The van der Waals surface area contributed by atoms with E-state index in [2.05, 4.69) is 42.7 Å². The molecular weight excluding hydrogens is 709 g/mol. The number of aliphatic carboxylic acids is 1. The first-order valence-electron chi connectivity index (χ1n) is 21.4. The van der Waals surface area contributed by atoms with E-state index < -0.39 is 51.1 Å². The monoisotopic (exact) mass is 788 g/mol. The minimum absolute atomic E-state index is 0.141. The first-order chi connectivity index (χ1) is 26.1. The molecule has 0 fully saturated rings. The number of carboxylic acid groups (broad SMARTS) is 1. The summed E-state index contributed by atoms with van der Waals surface area (Å²) in [5.41, 5.74) is 5.33. The molecule has 0 radical (unpaired) electrons. The molecule has 0 aromatic rings. The second kappa shape index (κ2) is 37.9. The van der Waals surface area contributed by atoms with Crippen LogP contribution in [0.25, 0.3) is 0 Å². The lowest BCUT2D eigenvalue weighted by Crippen LogP contribution is -2.34. The first kappa shape index (κ1) is 52.0. The van der Waals surface area contributed by atoms with Crippen LogP contribution in [0.1, 0.15) is 194 Å². The number of carboxylic acids is 1. The van der Waals surface area contributed by atoms with Crippen LogP contribution >= 0.6 is 7.82 Å². The van der Waals surface area contributed by atoms with Gasteiger partial charge >= 0.3 is 25.7 Å². The Morgan fingerprint density at radius 3 is 1.37 bits per heavy atom. The van der Waals surface area contributed by atoms with E-state index in [0.717, 1.165) is 64.2 Å². The number of esters is 2. The molecule has 0 aliphatic heterocycles. The normalized spacial score (nSPS) is 14.0. The zero-order valence-corrected chi connectivity index (χ0v) is 35.0. The Bertz CT molecular complexity index is 1020. The zero-order valence-electron chi connectivity index (χ0n) is 34.1. The average Bonchev–Trinajstić information content (AvgIpc) is 3.14. The lowest BCUT2D eigenvalue weighted by Gasteiger charge is -2.20. The Labute approximate surface area is 328 Å². The number of ether oxygens (including phenoxy) is 2. The van der Waals surface area contributed by atoms with Gasteiger partial charge in [0.25, 0.3) is 0 Å². The summed E-state index contributed by atoms with van der Waals surface area (Å²) in [7, 11) is -4.72. The summed E-state index contributed by atoms with van der Waals surface area (Å²) < 4.78 is 32.6. The molecule has 0 saturated heterocycles. The van der Waals surface area contributed by atoms with E-state index >= 15 is 0 Å². The van der Waals surface area contributed by atoms with Gasteiger partial charge in [-0.1, -0.05) is 141 Å². The number of carbonyl (C=O) groups is 3. The van der Waals surface area contributed by atoms with Crippen molar-refractivity contribution >= 4 is 25.7 Å². The molecule has 0 aromatic carbocycles. The fraction of sp³-hybridized carbons (Fsp3) is 0.833. The fourth-order valence-corrected chi connectivity index (χ4v) is 6.54. The van der Waals surface area contributed by atoms with Crippen LogP contribution in [0.3, 0.4) is 0 Å². The lowest BCUT2D eigenvalue weighted by molar-refractivity contribution is -0.161. The van der Waals surface area contributed by atoms with Gasteiger partial charge in [-0.3, -0.25) is 23.4 Å². The van der Waals surface area contributed by atoms with Crippen molar-refractivity contribution in [3.8, 4) is 0 Å². The highest BCUT2D eigenvalue weighted by atomic mass is 31.2. The Kier molecular flexibility index (Phi) is 36.4. The van der Waals surface area contributed by atoms with Crippen LogP contribution < -0.4 is 5.73 Å². The number of phosphoric ester groups is 1. The van der Waals surface area contributed by atoms with Gasteiger partial charge in [0.15, 0.2) is 6.10 Å². The number of carbonyl (C=O) groups excluding carboxylic acids is 2. The Hall–Kier alpha value is -2.04. The second-order valence-electron chi connectivity index (χ2n) is 14.5. The molecule has 0 heterocycles. The summed E-state index contributed by atoms with van der Waals surface area (Å²) in [6, 6.07) is -1.52. The van der Waals surface area contributed by atoms with Gasteiger partial charge in [-0.2, -0.15) is 0 Å². The van der Waals surface area contributed by atoms with E-state index in [9.17, 15) is 23.8 Å². The molecule has 0 saturated carbocycles. The zero-order chi connectivity index (χ0) is 40.0. The van der Waals surface area contributed by atoms with Gasteiger partial charge in [0, 0.05) is 12.8 Å². The number of nitrogens with two attached hydrogens (primary N) is 1. The average molecular weight is 788 g/mol. The third kappa shape index (κ3) is 36.9. The molecule has 11 nitrogen and oxygen atoms in total. The molecule has 4 N–H and O–H groups in total. The van der Waals surface area contributed by atoms with Gasteiger partial charge in [0.05, 0.1) is 13.2 Å². The van der Waals surface area contributed by atoms with E-state index in [0.29, 0.717) is 12.8 Å². The van der Waals surface area contributed by atoms with Gasteiger partial charge in [0.1, 0.15) is 12.6 Å². The molecule has 0 amide bonds. The van der Waals surface area contributed by atoms with Crippen molar-refractivity contribution in [3.05, 3.63) is 24.3 Å². The molecule has 0 aliphatic carbocycles. The largest absolute Gasteiger partial charge is 0.480 e. The quantitative estimate of drug-likeness (QED) is 0.0233. The van der Waals surface area contributed by atoms with Crippen LogP contribution in [-0.2, 0) is 37.5 Å². The Morgan fingerprint density at radius 1 is 0.556 bits per heavy atom. The number of phosphoric acid groups is 1. The topological polar surface area (TPSA) is 172 Å². The van der Waals surface area contributed by atoms with Crippen LogP contribution in [0.2, 0.25) is 0 Å². The summed E-state index contributed by atoms with van der Waals surface area (Å²) >= 11 is 0. The molecule has 0 aliphatic rings. The molecule has 0 bridgehead atoms. The van der Waals surface area contributed by atoms with E-state index in [1.165, 1.54) is 89.9 Å². The predicted molar refractivity (Wildman–Crippen MR) is 217 cm³/mol. The third-order valence-electron chi connectivity index (χ3n) is 9.17. The molecule has 3 atom stereocenters. The molecule has 0 spiro atoms. The van der Waals surface area contributed by atoms with E-state index in [1.54, 1.807) is 0 Å². The first-order valence-corrected chi connectivity index (χ1v) is 22.9. The van der Waals surface area contributed by atoms with Gasteiger partial charge in [-0.25, -0.2) is 4.57 Å². The number of hydrogen-bond acceptors (Lipinski definition) is 9. The third-order valence-corrected chi connectivity index (χ3v) is 10.1. The van der Waals surface area contributed by atoms with Crippen molar-refractivity contribution in [2.75, 3.05) is 19.8 Å². The smallest absolute Gasteiger partial charge is 0.472 e. The number of hydrogen-bond donors (Lipinski definition) is 3. The highest BCUT2D eigenvalue weighted by Crippen LogP contribution is 2.43. The summed E-state index contributed by atoms with van der Waals surface area (Å²) in [5, 5.41) is 8.88. The van der Waals surface area contributed by atoms with Crippen LogP contribution in [0, 0.1) is 0 Å². The Morgan fingerprint density at radius 2 is 0.926 bits per heavy atom. The van der Waals surface area contributed by atoms with E-state index in [1.807, 2.05) is 0 Å². The van der Waals surface area contributed by atoms with Gasteiger partial charge in [-0.15, -0.1) is 0 Å². The van der Waals surface area contributed by atoms with Gasteiger partial charge in [-0.05, 0) is 64.2 Å². The summed E-state index contributed by atoms with van der Waals surface area (Å²) in [6.07, 6.45) is 38.1. The van der Waals surface area contributed by atoms with Crippen molar-refractivity contribution < 1.29 is 47.5 Å². The molecular formula is C42H78NO10P. The minimum Gasteiger partial charge on any atom is -0.480 e. The Balaban J connectivity index is 4.41. The van der Waals surface area contributed by atoms with Crippen molar-refractivity contribution in [2.45, 2.75) is 206 Å². The lowest BCUT2D eigenvalue weighted by atomic mass is 10.1. The van der Waals surface area contributed by atoms with Gasteiger partial charge < -0.3 is 25.2 Å². The molecule has 0 aromatic heterocycles. The van der Waals surface area contributed by atoms with Gasteiger partial charge in [0.2, 0.25) is 0 Å². The number of rotatable bonds is 40. The van der Waals surface area contributed by atoms with Crippen LogP contribution in [0.15, 0.2) is 24.3 Å². The number of allylic oxidation sites excluding steroid dienone is 4. The molecule has 1 unspecified atom stereocenters. The molecule has 12 heteroatoms. The maximum Gasteiger partial charge on any atom is 0.472 e. The summed E-state index contributed by atoms with van der Waals surface area (Å²) in [6.45, 7) is 2.77. The molecule has 54 heavy (non-hydrogen) atoms. The van der Waals surface area contributed by atoms with Crippen molar-refractivity contribution in [3.63, 3.8) is 0 Å². The van der Waals surface area contributed by atoms with Crippen LogP contribution in [0.4, 0.5) is 0 Å². The predicted octanol–water partition coefficient (Wildman–Crippen LogP) is 11.1. The van der Waals surface area contributed by atoms with Crippen LogP contribution in [-0.4, -0.2) is 59.9 Å². The standard InChI is InChI=1S/C42H78NO10P/c1-3-5-7-9-11-13-15-17-19-21-23-25-27-29-31-33-40(44)50-35-38(36-51-54(48,49)52-37-39(43)42(46)47)53-41(45)34-32-30-28-26-24-22-20-18-16-14-12-10-8-6-4-2/h17,19,22,24,38-39H,3-16,18,20-21,23,25-37,43H2,1-2H3,(H,46,47)(H,48,49)/b19-17+,24-22+/t38-,39+/m1/s1. The minimum atomic E-state index is -4.72. The maximum absolute atomic E-state index is 12.6. The SMILES string of the molecule is CCCCCCCC/C=C/CCCCCCCC(=O)OC[C@H](COP(=O)(O)OC[C@H](N)C(=O)O)OC(=O)CCCCC/C=C/CCCCCCCCCC. The highest BCUT2D eigenvalue weighted by Gasteiger charge is 2.28. The van der Waals surface area contributed by atoms with E-state index in [-0.39, 0.29) is 19.4 Å². The highest BCUT2D eigenvalue weighted by molar-refractivity contribution is 7.47. The van der Waals surface area contributed by atoms with Crippen molar-refractivity contribution in [1.29, 1.82) is 0 Å². The van der Waals surface area contributed by atoms with Crippen molar-refractivity contribution in [2.24, 2.45) is 5.73 Å². The van der Waals surface area contributed by atoms with E-state index in [4.69, 9.17) is 24.8 Å². The summed E-state index contributed by atoms with van der Waals surface area (Å²) in [5.74, 6) is -2.40. The van der Waals surface area contributed by atoms with Crippen molar-refractivity contribution in [1.82, 2.24) is 0 Å². The molecule has 0 rings (SSSR count). The molecule has 316 valence electrons. The summed E-state index contributed by atoms with van der Waals surface area (Å²) in [4.78, 5) is 45.9. The number of unbranched alkanes of at least 4 members (excludes halogenated alkanes) is 22. The second-order valence-corrected chi connectivity index (χ2v) is 15.9. The fourth-order valence-electron chi connectivity index (χ4n) is 5.76.